The number of aromatic amines is 1. The summed E-state index contributed by atoms with van der Waals surface area (Å²) in [7, 11) is 1.62. The lowest BCUT2D eigenvalue weighted by atomic mass is 10.0. The summed E-state index contributed by atoms with van der Waals surface area (Å²) < 4.78 is 5.30. The van der Waals surface area contributed by atoms with Crippen LogP contribution in [0.5, 0.6) is 5.75 Å². The number of nitrogens with one attached hydrogen (secondary N) is 1. The number of aliphatic hydroxyl groups is 1. The molecule has 2 atom stereocenters. The van der Waals surface area contributed by atoms with Crippen molar-refractivity contribution >= 4 is 16.8 Å². The molecular weight excluding hydrogens is 316 g/mol. The first kappa shape index (κ1) is 15.7. The standard InChI is InChI=1S/C20H20N2O3/c1-25-16-6-2-5-14(10-16)18-11-15(23)12-22(18)20(24)17-7-3-4-13-8-9-21-19(13)17/h2-10,15,18,21,23H,11-12H2,1H3/t15-,18-/m0/s1. The lowest BCUT2D eigenvalue weighted by Crippen LogP contribution is -2.32. The number of ether oxygens (including phenoxy) is 1. The summed E-state index contributed by atoms with van der Waals surface area (Å²) in [4.78, 5) is 18.1. The Morgan fingerprint density at radius 1 is 1.24 bits per heavy atom. The normalized spacial score (nSPS) is 20.2. The summed E-state index contributed by atoms with van der Waals surface area (Å²) in [5.74, 6) is 0.676. The summed E-state index contributed by atoms with van der Waals surface area (Å²) in [6, 6.07) is 15.2. The van der Waals surface area contributed by atoms with Gasteiger partial charge in [0, 0.05) is 18.1 Å². The van der Waals surface area contributed by atoms with Gasteiger partial charge in [0.1, 0.15) is 5.75 Å². The quantitative estimate of drug-likeness (QED) is 0.772. The minimum Gasteiger partial charge on any atom is -0.497 e. The number of β-amino-alcohol motifs (C(OH)–C–C–N with tert-alkyl or cyclic N) is 1. The summed E-state index contributed by atoms with van der Waals surface area (Å²) in [5, 5.41) is 11.2. The number of aliphatic hydroxyl groups excluding tert-OH is 1. The molecule has 4 rings (SSSR count). The van der Waals surface area contributed by atoms with E-state index in [1.165, 1.54) is 0 Å². The van der Waals surface area contributed by atoms with E-state index < -0.39 is 6.10 Å². The maximum absolute atomic E-state index is 13.2. The molecule has 128 valence electrons. The molecule has 2 aromatic carbocycles. The molecule has 1 amide bonds. The van der Waals surface area contributed by atoms with Gasteiger partial charge >= 0.3 is 0 Å². The molecule has 0 unspecified atom stereocenters. The molecule has 0 radical (unpaired) electrons. The first-order valence-electron chi connectivity index (χ1n) is 8.36. The minimum atomic E-state index is -0.525. The fourth-order valence-corrected chi connectivity index (χ4v) is 3.62. The molecule has 1 aliphatic rings. The predicted octanol–water partition coefficient (Wildman–Crippen LogP) is 3.12. The van der Waals surface area contributed by atoms with Crippen LogP contribution in [0.3, 0.4) is 0 Å². The second-order valence-corrected chi connectivity index (χ2v) is 6.39. The highest BCUT2D eigenvalue weighted by Crippen LogP contribution is 2.35. The van der Waals surface area contributed by atoms with Crippen LogP contribution in [0.1, 0.15) is 28.4 Å². The number of carbonyl (C=O) groups is 1. The van der Waals surface area contributed by atoms with Crippen molar-refractivity contribution in [2.75, 3.05) is 13.7 Å². The van der Waals surface area contributed by atoms with E-state index >= 15 is 0 Å². The molecule has 2 heterocycles. The number of methoxy groups -OCH3 is 1. The number of carbonyl (C=O) groups excluding carboxylic acids is 1. The third kappa shape index (κ3) is 2.76. The summed E-state index contributed by atoms with van der Waals surface area (Å²) >= 11 is 0. The van der Waals surface area contributed by atoms with E-state index in [-0.39, 0.29) is 11.9 Å². The molecule has 1 aromatic heterocycles. The number of rotatable bonds is 3. The molecule has 0 saturated carbocycles. The molecule has 0 bridgehead atoms. The Bertz CT molecular complexity index is 918. The van der Waals surface area contributed by atoms with Crippen LogP contribution in [0.4, 0.5) is 0 Å². The van der Waals surface area contributed by atoms with Gasteiger partial charge in [-0.25, -0.2) is 0 Å². The minimum absolute atomic E-state index is 0.0718. The highest BCUT2D eigenvalue weighted by atomic mass is 16.5. The maximum atomic E-state index is 13.2. The lowest BCUT2D eigenvalue weighted by Gasteiger charge is -2.25. The number of fused-ring (bicyclic) bond motifs is 1. The van der Waals surface area contributed by atoms with Gasteiger partial charge < -0.3 is 19.7 Å². The zero-order valence-corrected chi connectivity index (χ0v) is 14.0. The number of nitrogens with zero attached hydrogens (tertiary/aromatic N) is 1. The van der Waals surface area contributed by atoms with Gasteiger partial charge in [0.2, 0.25) is 0 Å². The van der Waals surface area contributed by atoms with Crippen molar-refractivity contribution in [3.8, 4) is 5.75 Å². The van der Waals surface area contributed by atoms with Crippen molar-refractivity contribution in [3.63, 3.8) is 0 Å². The molecule has 0 aliphatic carbocycles. The van der Waals surface area contributed by atoms with Gasteiger partial charge in [-0.15, -0.1) is 0 Å². The number of aromatic nitrogens is 1. The molecule has 1 aliphatic heterocycles. The Hall–Kier alpha value is -2.79. The van der Waals surface area contributed by atoms with Crippen LogP contribution in [0.15, 0.2) is 54.7 Å². The second-order valence-electron chi connectivity index (χ2n) is 6.39. The van der Waals surface area contributed by atoms with Gasteiger partial charge in [0.05, 0.1) is 30.3 Å². The van der Waals surface area contributed by atoms with Crippen LogP contribution in [-0.4, -0.2) is 40.7 Å². The monoisotopic (exact) mass is 336 g/mol. The van der Waals surface area contributed by atoms with Gasteiger partial charge in [0.25, 0.3) is 5.91 Å². The van der Waals surface area contributed by atoms with E-state index in [4.69, 9.17) is 4.74 Å². The number of benzene rings is 2. The molecule has 5 nitrogen and oxygen atoms in total. The van der Waals surface area contributed by atoms with Gasteiger partial charge in [-0.2, -0.15) is 0 Å². The van der Waals surface area contributed by atoms with Crippen LogP contribution in [0.25, 0.3) is 10.9 Å². The van der Waals surface area contributed by atoms with E-state index in [0.717, 1.165) is 22.2 Å². The number of hydrogen-bond acceptors (Lipinski definition) is 3. The van der Waals surface area contributed by atoms with Crippen molar-refractivity contribution in [1.29, 1.82) is 0 Å². The van der Waals surface area contributed by atoms with Crippen molar-refractivity contribution in [1.82, 2.24) is 9.88 Å². The zero-order valence-electron chi connectivity index (χ0n) is 14.0. The Morgan fingerprint density at radius 3 is 2.92 bits per heavy atom. The number of para-hydroxylation sites is 1. The zero-order chi connectivity index (χ0) is 17.4. The highest BCUT2D eigenvalue weighted by Gasteiger charge is 2.36. The van der Waals surface area contributed by atoms with Gasteiger partial charge in [-0.1, -0.05) is 24.3 Å². The average Bonchev–Trinajstić information content (AvgIpc) is 3.27. The molecule has 1 fully saturated rings. The second kappa shape index (κ2) is 6.26. The van der Waals surface area contributed by atoms with Crippen molar-refractivity contribution < 1.29 is 14.6 Å². The number of H-pyrrole nitrogens is 1. The van der Waals surface area contributed by atoms with E-state index in [9.17, 15) is 9.90 Å². The van der Waals surface area contributed by atoms with Crippen LogP contribution >= 0.6 is 0 Å². The highest BCUT2D eigenvalue weighted by molar-refractivity contribution is 6.06. The Labute approximate surface area is 145 Å². The van der Waals surface area contributed by atoms with Gasteiger partial charge in [-0.05, 0) is 36.2 Å². The fraction of sp³-hybridized carbons (Fsp3) is 0.250. The Balaban J connectivity index is 1.72. The van der Waals surface area contributed by atoms with E-state index in [1.807, 2.05) is 54.7 Å². The first-order chi connectivity index (χ1) is 12.2. The predicted molar refractivity (Wildman–Crippen MR) is 95.7 cm³/mol. The molecule has 2 N–H and O–H groups in total. The Morgan fingerprint density at radius 2 is 2.08 bits per heavy atom. The van der Waals surface area contributed by atoms with E-state index in [1.54, 1.807) is 12.0 Å². The molecule has 25 heavy (non-hydrogen) atoms. The smallest absolute Gasteiger partial charge is 0.256 e. The number of likely N-dealkylation sites (tertiary alicyclic amines) is 1. The maximum Gasteiger partial charge on any atom is 0.256 e. The van der Waals surface area contributed by atoms with Crippen LogP contribution in [-0.2, 0) is 0 Å². The topological polar surface area (TPSA) is 65.6 Å². The average molecular weight is 336 g/mol. The molecule has 1 saturated heterocycles. The largest absolute Gasteiger partial charge is 0.497 e. The summed E-state index contributed by atoms with van der Waals surface area (Å²) in [6.07, 6.45) is 1.84. The van der Waals surface area contributed by atoms with Gasteiger partial charge in [0.15, 0.2) is 0 Å². The molecule has 5 heteroatoms. The van der Waals surface area contributed by atoms with Crippen LogP contribution < -0.4 is 4.74 Å². The van der Waals surface area contributed by atoms with Crippen LogP contribution in [0, 0.1) is 0 Å². The summed E-state index contributed by atoms with van der Waals surface area (Å²) in [5.41, 5.74) is 2.44. The molecule has 0 spiro atoms. The first-order valence-corrected chi connectivity index (χ1v) is 8.36. The fourth-order valence-electron chi connectivity index (χ4n) is 3.62. The van der Waals surface area contributed by atoms with Crippen molar-refractivity contribution in [3.05, 3.63) is 65.9 Å². The van der Waals surface area contributed by atoms with Crippen LogP contribution in [0.2, 0.25) is 0 Å². The van der Waals surface area contributed by atoms with Crippen molar-refractivity contribution in [2.45, 2.75) is 18.6 Å². The van der Waals surface area contributed by atoms with E-state index in [0.29, 0.717) is 18.5 Å². The number of amides is 1. The third-order valence-electron chi connectivity index (χ3n) is 4.84. The third-order valence-corrected chi connectivity index (χ3v) is 4.84. The molecule has 3 aromatic rings. The lowest BCUT2D eigenvalue weighted by molar-refractivity contribution is 0.0717. The summed E-state index contributed by atoms with van der Waals surface area (Å²) in [6.45, 7) is 0.331. The number of hydrogen-bond donors (Lipinski definition) is 2. The Kier molecular flexibility index (Phi) is 3.93. The van der Waals surface area contributed by atoms with Gasteiger partial charge in [-0.3, -0.25) is 4.79 Å². The SMILES string of the molecule is COc1cccc([C@@H]2C[C@H](O)CN2C(=O)c2cccc3cc[nH]c23)c1. The van der Waals surface area contributed by atoms with E-state index in [2.05, 4.69) is 4.98 Å². The molecular formula is C20H20N2O3. The van der Waals surface area contributed by atoms with Crippen molar-refractivity contribution in [2.24, 2.45) is 0 Å².